The van der Waals surface area contributed by atoms with Gasteiger partial charge >= 0.3 is 0 Å². The molecule has 0 spiro atoms. The number of rotatable bonds is 4. The maximum atomic E-state index is 12.4. The number of halogens is 1. The predicted octanol–water partition coefficient (Wildman–Crippen LogP) is 3.70. The molecule has 0 atom stereocenters. The van der Waals surface area contributed by atoms with E-state index in [4.69, 9.17) is 15.9 Å². The van der Waals surface area contributed by atoms with E-state index in [1.54, 1.807) is 36.4 Å². The second-order valence-electron chi connectivity index (χ2n) is 4.37. The van der Waals surface area contributed by atoms with Gasteiger partial charge in [0.1, 0.15) is 16.0 Å². The van der Waals surface area contributed by atoms with Crippen molar-refractivity contribution in [1.29, 1.82) is 0 Å². The van der Waals surface area contributed by atoms with Crippen LogP contribution < -0.4 is 14.8 Å². The molecule has 1 N–H and O–H groups in total. The van der Waals surface area contributed by atoms with Crippen LogP contribution in [0.5, 0.6) is 11.5 Å². The summed E-state index contributed by atoms with van der Waals surface area (Å²) in [5.41, 5.74) is 1.74. The quantitative estimate of drug-likeness (QED) is 0.846. The van der Waals surface area contributed by atoms with Gasteiger partial charge in [0.25, 0.3) is 5.91 Å². The Hall–Kier alpha value is -2.45. The van der Waals surface area contributed by atoms with Crippen LogP contribution in [0.1, 0.15) is 15.9 Å². The molecule has 0 fully saturated rings. The average molecular weight is 360 g/mol. The van der Waals surface area contributed by atoms with Gasteiger partial charge in [-0.1, -0.05) is 12.0 Å². The Morgan fingerprint density at radius 1 is 1.18 bits per heavy atom. The maximum Gasteiger partial charge on any atom is 0.255 e. The van der Waals surface area contributed by atoms with Crippen molar-refractivity contribution in [2.75, 3.05) is 19.5 Å². The largest absolute Gasteiger partial charge is 0.495 e. The van der Waals surface area contributed by atoms with Crippen LogP contribution in [0.4, 0.5) is 5.69 Å². The van der Waals surface area contributed by atoms with Crippen LogP contribution in [0, 0.1) is 12.3 Å². The van der Waals surface area contributed by atoms with E-state index in [2.05, 4.69) is 27.2 Å². The number of carbonyl (C=O) groups excluding carboxylic acids is 1. The van der Waals surface area contributed by atoms with Crippen molar-refractivity contribution >= 4 is 27.5 Å². The fourth-order valence-corrected chi connectivity index (χ4v) is 2.44. The summed E-state index contributed by atoms with van der Waals surface area (Å²) in [6, 6.07) is 10.3. The first-order valence-corrected chi connectivity index (χ1v) is 7.18. The summed E-state index contributed by atoms with van der Waals surface area (Å²) >= 11 is 3.37. The molecular formula is C17H14BrNO3. The molecule has 2 aromatic rings. The van der Waals surface area contributed by atoms with E-state index in [0.29, 0.717) is 32.8 Å². The molecule has 0 saturated heterocycles. The van der Waals surface area contributed by atoms with Gasteiger partial charge in [0, 0.05) is 16.8 Å². The molecule has 0 aliphatic heterocycles. The van der Waals surface area contributed by atoms with E-state index in [-0.39, 0.29) is 5.91 Å². The number of hydrogen-bond acceptors (Lipinski definition) is 3. The Labute approximate surface area is 137 Å². The smallest absolute Gasteiger partial charge is 0.255 e. The van der Waals surface area contributed by atoms with Gasteiger partial charge in [-0.15, -0.1) is 6.42 Å². The molecule has 0 heterocycles. The number of hydrogen-bond donors (Lipinski definition) is 1. The van der Waals surface area contributed by atoms with Crippen LogP contribution in [0.3, 0.4) is 0 Å². The number of anilines is 1. The molecule has 0 aromatic heterocycles. The summed E-state index contributed by atoms with van der Waals surface area (Å²) in [6.07, 6.45) is 5.35. The van der Waals surface area contributed by atoms with Gasteiger partial charge in [-0.25, -0.2) is 0 Å². The summed E-state index contributed by atoms with van der Waals surface area (Å²) in [7, 11) is 3.05. The van der Waals surface area contributed by atoms with E-state index < -0.39 is 0 Å². The lowest BCUT2D eigenvalue weighted by molar-refractivity contribution is 0.102. The Morgan fingerprint density at radius 3 is 2.36 bits per heavy atom. The van der Waals surface area contributed by atoms with Gasteiger partial charge in [-0.05, 0) is 46.3 Å². The molecule has 22 heavy (non-hydrogen) atoms. The summed E-state index contributed by atoms with van der Waals surface area (Å²) in [4.78, 5) is 12.4. The van der Waals surface area contributed by atoms with Gasteiger partial charge in [-0.3, -0.25) is 4.79 Å². The topological polar surface area (TPSA) is 47.6 Å². The zero-order chi connectivity index (χ0) is 16.1. The molecule has 4 nitrogen and oxygen atoms in total. The van der Waals surface area contributed by atoms with E-state index in [1.807, 2.05) is 0 Å². The van der Waals surface area contributed by atoms with Gasteiger partial charge in [-0.2, -0.15) is 0 Å². The molecule has 1 amide bonds. The number of amides is 1. The third kappa shape index (κ3) is 3.41. The standard InChI is InChI=1S/C17H14BrNO3/c1-4-11-6-5-7-13(8-11)19-17(20)12-9-14(21-2)16(18)15(10-12)22-3/h1,5-10H,2-3H3,(H,19,20). The zero-order valence-corrected chi connectivity index (χ0v) is 13.7. The minimum absolute atomic E-state index is 0.279. The van der Waals surface area contributed by atoms with Crippen molar-refractivity contribution in [3.63, 3.8) is 0 Å². The van der Waals surface area contributed by atoms with Crippen LogP contribution in [0.25, 0.3) is 0 Å². The van der Waals surface area contributed by atoms with E-state index in [1.165, 1.54) is 14.2 Å². The second-order valence-corrected chi connectivity index (χ2v) is 5.17. The highest BCUT2D eigenvalue weighted by Gasteiger charge is 2.14. The van der Waals surface area contributed by atoms with Gasteiger partial charge in [0.2, 0.25) is 0 Å². The lowest BCUT2D eigenvalue weighted by Crippen LogP contribution is -2.12. The highest BCUT2D eigenvalue weighted by atomic mass is 79.9. The van der Waals surface area contributed by atoms with Crippen LogP contribution in [-0.4, -0.2) is 20.1 Å². The molecule has 0 aliphatic rings. The fourth-order valence-electron chi connectivity index (χ4n) is 1.89. The second kappa shape index (κ2) is 7.01. The minimum Gasteiger partial charge on any atom is -0.495 e. The third-order valence-electron chi connectivity index (χ3n) is 2.99. The molecule has 0 radical (unpaired) electrons. The number of benzene rings is 2. The third-order valence-corrected chi connectivity index (χ3v) is 3.78. The highest BCUT2D eigenvalue weighted by molar-refractivity contribution is 9.10. The van der Waals surface area contributed by atoms with E-state index >= 15 is 0 Å². The Balaban J connectivity index is 2.31. The van der Waals surface area contributed by atoms with Gasteiger partial charge in [0.15, 0.2) is 0 Å². The molecule has 2 rings (SSSR count). The lowest BCUT2D eigenvalue weighted by atomic mass is 10.1. The van der Waals surface area contributed by atoms with Crippen molar-refractivity contribution in [2.24, 2.45) is 0 Å². The van der Waals surface area contributed by atoms with Crippen molar-refractivity contribution in [3.05, 3.63) is 52.0 Å². The van der Waals surface area contributed by atoms with E-state index in [9.17, 15) is 4.79 Å². The predicted molar refractivity (Wildman–Crippen MR) is 89.6 cm³/mol. The summed E-state index contributed by atoms with van der Waals surface area (Å²) in [5, 5.41) is 2.79. The molecule has 0 unspecified atom stereocenters. The first-order chi connectivity index (χ1) is 10.6. The molecule has 0 bridgehead atoms. The Morgan fingerprint density at radius 2 is 1.82 bits per heavy atom. The van der Waals surface area contributed by atoms with Crippen LogP contribution in [0.15, 0.2) is 40.9 Å². The van der Waals surface area contributed by atoms with Crippen LogP contribution in [-0.2, 0) is 0 Å². The van der Waals surface area contributed by atoms with Crippen molar-refractivity contribution in [2.45, 2.75) is 0 Å². The molecule has 112 valence electrons. The van der Waals surface area contributed by atoms with Crippen molar-refractivity contribution in [3.8, 4) is 23.8 Å². The van der Waals surface area contributed by atoms with Crippen LogP contribution >= 0.6 is 15.9 Å². The van der Waals surface area contributed by atoms with Crippen LogP contribution in [0.2, 0.25) is 0 Å². The van der Waals surface area contributed by atoms with Gasteiger partial charge in [0.05, 0.1) is 14.2 Å². The fraction of sp³-hybridized carbons (Fsp3) is 0.118. The van der Waals surface area contributed by atoms with Gasteiger partial charge < -0.3 is 14.8 Å². The lowest BCUT2D eigenvalue weighted by Gasteiger charge is -2.12. The monoisotopic (exact) mass is 359 g/mol. The average Bonchev–Trinajstić information content (AvgIpc) is 2.55. The molecular weight excluding hydrogens is 346 g/mol. The molecule has 0 saturated carbocycles. The number of methoxy groups -OCH3 is 2. The number of nitrogens with one attached hydrogen (secondary N) is 1. The Bertz CT molecular complexity index is 725. The summed E-state index contributed by atoms with van der Waals surface area (Å²) in [6.45, 7) is 0. The molecule has 5 heteroatoms. The number of carbonyl (C=O) groups is 1. The summed E-state index contributed by atoms with van der Waals surface area (Å²) < 4.78 is 11.1. The number of ether oxygens (including phenoxy) is 2. The highest BCUT2D eigenvalue weighted by Crippen LogP contribution is 2.35. The molecule has 0 aliphatic carbocycles. The minimum atomic E-state index is -0.279. The molecule has 2 aromatic carbocycles. The van der Waals surface area contributed by atoms with Crippen molar-refractivity contribution < 1.29 is 14.3 Å². The zero-order valence-electron chi connectivity index (χ0n) is 12.1. The maximum absolute atomic E-state index is 12.4. The summed E-state index contributed by atoms with van der Waals surface area (Å²) in [5.74, 6) is 3.28. The first kappa shape index (κ1) is 15.9. The Kier molecular flexibility index (Phi) is 5.08. The number of terminal acetylenes is 1. The van der Waals surface area contributed by atoms with E-state index in [0.717, 1.165) is 0 Å². The normalized spacial score (nSPS) is 9.73. The first-order valence-electron chi connectivity index (χ1n) is 6.38. The SMILES string of the molecule is C#Cc1cccc(NC(=O)c2cc(OC)c(Br)c(OC)c2)c1. The van der Waals surface area contributed by atoms with Crippen molar-refractivity contribution in [1.82, 2.24) is 0 Å².